The van der Waals surface area contributed by atoms with Crippen LogP contribution in [0.3, 0.4) is 0 Å². The van der Waals surface area contributed by atoms with Crippen LogP contribution in [-0.4, -0.2) is 37.5 Å². The molecular weight excluding hydrogens is 194 g/mol. The maximum Gasteiger partial charge on any atom is 0.162 e. The van der Waals surface area contributed by atoms with Crippen LogP contribution < -0.4 is 14.8 Å². The molecule has 1 unspecified atom stereocenters. The van der Waals surface area contributed by atoms with Gasteiger partial charge in [0.25, 0.3) is 0 Å². The Morgan fingerprint density at radius 2 is 2.47 bits per heavy atom. The maximum atomic E-state index is 8.61. The highest BCUT2D eigenvalue weighted by molar-refractivity contribution is 5.40. The number of aliphatic hydroxyl groups excluding tert-OH is 1. The Kier molecular flexibility index (Phi) is 3.42. The number of fused-ring (bicyclic) bond motifs is 1. The first kappa shape index (κ1) is 10.3. The van der Waals surface area contributed by atoms with Gasteiger partial charge < -0.3 is 19.9 Å². The van der Waals surface area contributed by atoms with Crippen molar-refractivity contribution in [3.63, 3.8) is 0 Å². The van der Waals surface area contributed by atoms with Crippen LogP contribution >= 0.6 is 0 Å². The fourth-order valence-corrected chi connectivity index (χ4v) is 1.45. The normalized spacial score (nSPS) is 18.9. The highest BCUT2D eigenvalue weighted by Crippen LogP contribution is 2.30. The molecule has 1 radical (unpaired) electrons. The van der Waals surface area contributed by atoms with Gasteiger partial charge in [0.2, 0.25) is 0 Å². The molecule has 0 amide bonds. The molecule has 1 aliphatic heterocycles. The third-order valence-corrected chi connectivity index (χ3v) is 2.17. The number of ether oxygens (including phenoxy) is 2. The molecule has 0 aliphatic carbocycles. The molecule has 0 saturated carbocycles. The Balaban J connectivity index is 1.88. The predicted octanol–water partition coefficient (Wildman–Crippen LogP) is 0.208. The first-order valence-corrected chi connectivity index (χ1v) is 5.01. The van der Waals surface area contributed by atoms with Crippen molar-refractivity contribution in [2.75, 3.05) is 26.3 Å². The lowest BCUT2D eigenvalue weighted by atomic mass is 10.2. The lowest BCUT2D eigenvalue weighted by Gasteiger charge is -2.26. The standard InChI is InChI=1S/C11H14NO3/c13-6-5-12-7-9-8-14-10-3-1-2-4-11(10)15-9/h1,3-4,9,12-13H,5-8H2. The second-order valence-electron chi connectivity index (χ2n) is 3.35. The minimum absolute atomic E-state index is 0.000139. The van der Waals surface area contributed by atoms with E-state index in [0.29, 0.717) is 19.7 Å². The summed E-state index contributed by atoms with van der Waals surface area (Å²) in [5.74, 6) is 1.51. The lowest BCUT2D eigenvalue weighted by molar-refractivity contribution is 0.0894. The monoisotopic (exact) mass is 208 g/mol. The average Bonchev–Trinajstić information content (AvgIpc) is 2.29. The SMILES string of the molecule is OCCNCC1COc2cc[c]cc2O1. The van der Waals surface area contributed by atoms with E-state index < -0.39 is 0 Å². The van der Waals surface area contributed by atoms with E-state index in [9.17, 15) is 0 Å². The second-order valence-corrected chi connectivity index (χ2v) is 3.35. The van der Waals surface area contributed by atoms with Gasteiger partial charge in [-0.1, -0.05) is 6.07 Å². The summed E-state index contributed by atoms with van der Waals surface area (Å²) < 4.78 is 11.2. The van der Waals surface area contributed by atoms with E-state index in [-0.39, 0.29) is 12.7 Å². The zero-order valence-electron chi connectivity index (χ0n) is 8.40. The first-order valence-electron chi connectivity index (χ1n) is 5.01. The molecular formula is C11H14NO3. The van der Waals surface area contributed by atoms with Gasteiger partial charge in [-0.15, -0.1) is 0 Å². The van der Waals surface area contributed by atoms with E-state index >= 15 is 0 Å². The largest absolute Gasteiger partial charge is 0.486 e. The van der Waals surface area contributed by atoms with Crippen molar-refractivity contribution in [1.82, 2.24) is 5.32 Å². The van der Waals surface area contributed by atoms with Crippen LogP contribution in [0, 0.1) is 6.07 Å². The van der Waals surface area contributed by atoms with Gasteiger partial charge in [-0.2, -0.15) is 0 Å². The number of rotatable bonds is 4. The molecule has 0 saturated heterocycles. The molecule has 81 valence electrons. The average molecular weight is 208 g/mol. The number of hydrogen-bond donors (Lipinski definition) is 2. The summed E-state index contributed by atoms with van der Waals surface area (Å²) in [5, 5.41) is 11.7. The van der Waals surface area contributed by atoms with Gasteiger partial charge in [0.05, 0.1) is 6.61 Å². The molecule has 1 atom stereocenters. The highest BCUT2D eigenvalue weighted by atomic mass is 16.6. The molecule has 1 heterocycles. The van der Waals surface area contributed by atoms with E-state index in [4.69, 9.17) is 14.6 Å². The van der Waals surface area contributed by atoms with Gasteiger partial charge in [-0.3, -0.25) is 0 Å². The van der Waals surface area contributed by atoms with Crippen LogP contribution in [0.1, 0.15) is 0 Å². The highest BCUT2D eigenvalue weighted by Gasteiger charge is 2.19. The lowest BCUT2D eigenvalue weighted by Crippen LogP contribution is -2.39. The van der Waals surface area contributed by atoms with Gasteiger partial charge in [-0.05, 0) is 18.2 Å². The van der Waals surface area contributed by atoms with E-state index in [2.05, 4.69) is 11.4 Å². The van der Waals surface area contributed by atoms with Crippen molar-refractivity contribution in [3.05, 3.63) is 24.3 Å². The molecule has 0 spiro atoms. The van der Waals surface area contributed by atoms with Crippen molar-refractivity contribution in [1.29, 1.82) is 0 Å². The van der Waals surface area contributed by atoms with Crippen molar-refractivity contribution in [2.24, 2.45) is 0 Å². The summed E-state index contributed by atoms with van der Waals surface area (Å²) in [6.45, 7) is 1.93. The Labute approximate surface area is 88.8 Å². The molecule has 1 aromatic rings. The summed E-state index contributed by atoms with van der Waals surface area (Å²) in [7, 11) is 0. The maximum absolute atomic E-state index is 8.61. The van der Waals surface area contributed by atoms with E-state index in [1.54, 1.807) is 12.1 Å². The molecule has 1 aromatic carbocycles. The summed E-state index contributed by atoms with van der Waals surface area (Å²) in [6.07, 6.45) is -0.000139. The fraction of sp³-hybridized carbons (Fsp3) is 0.455. The summed E-state index contributed by atoms with van der Waals surface area (Å²) >= 11 is 0. The second kappa shape index (κ2) is 5.00. The van der Waals surface area contributed by atoms with Crippen LogP contribution in [0.25, 0.3) is 0 Å². The fourth-order valence-electron chi connectivity index (χ4n) is 1.45. The van der Waals surface area contributed by atoms with Crippen LogP contribution in [-0.2, 0) is 0 Å². The molecule has 2 rings (SSSR count). The molecule has 2 N–H and O–H groups in total. The van der Waals surface area contributed by atoms with Crippen molar-refractivity contribution in [2.45, 2.75) is 6.10 Å². The zero-order valence-corrected chi connectivity index (χ0v) is 8.40. The smallest absolute Gasteiger partial charge is 0.162 e. The topological polar surface area (TPSA) is 50.7 Å². The molecule has 4 heteroatoms. The van der Waals surface area contributed by atoms with Gasteiger partial charge in [-0.25, -0.2) is 0 Å². The van der Waals surface area contributed by atoms with Crippen LogP contribution in [0.4, 0.5) is 0 Å². The summed E-state index contributed by atoms with van der Waals surface area (Å²) in [4.78, 5) is 0. The molecule has 0 fully saturated rings. The Hall–Kier alpha value is -1.26. The number of nitrogens with one attached hydrogen (secondary N) is 1. The molecule has 15 heavy (non-hydrogen) atoms. The van der Waals surface area contributed by atoms with Crippen LogP contribution in [0.2, 0.25) is 0 Å². The summed E-state index contributed by atoms with van der Waals surface area (Å²) in [6, 6.07) is 8.35. The third kappa shape index (κ3) is 2.61. The summed E-state index contributed by atoms with van der Waals surface area (Å²) in [5.41, 5.74) is 0. The van der Waals surface area contributed by atoms with Gasteiger partial charge in [0.15, 0.2) is 11.5 Å². The van der Waals surface area contributed by atoms with E-state index in [0.717, 1.165) is 11.5 Å². The first-order chi connectivity index (χ1) is 7.40. The Bertz CT molecular complexity index is 316. The minimum Gasteiger partial charge on any atom is -0.486 e. The van der Waals surface area contributed by atoms with E-state index in [1.165, 1.54) is 0 Å². The van der Waals surface area contributed by atoms with E-state index in [1.807, 2.05) is 6.07 Å². The molecule has 4 nitrogen and oxygen atoms in total. The minimum atomic E-state index is -0.000139. The van der Waals surface area contributed by atoms with Crippen LogP contribution in [0.5, 0.6) is 11.5 Å². The van der Waals surface area contributed by atoms with Gasteiger partial charge >= 0.3 is 0 Å². The zero-order chi connectivity index (χ0) is 10.5. The molecule has 0 aromatic heterocycles. The van der Waals surface area contributed by atoms with Gasteiger partial charge in [0.1, 0.15) is 12.7 Å². The van der Waals surface area contributed by atoms with Crippen molar-refractivity contribution >= 4 is 0 Å². The quantitative estimate of drug-likeness (QED) is 0.694. The van der Waals surface area contributed by atoms with Crippen molar-refractivity contribution in [3.8, 4) is 11.5 Å². The Morgan fingerprint density at radius 3 is 3.33 bits per heavy atom. The molecule has 0 bridgehead atoms. The Morgan fingerprint density at radius 1 is 1.53 bits per heavy atom. The number of benzene rings is 1. The van der Waals surface area contributed by atoms with Crippen LogP contribution in [0.15, 0.2) is 18.2 Å². The van der Waals surface area contributed by atoms with Gasteiger partial charge in [0, 0.05) is 13.1 Å². The predicted molar refractivity (Wildman–Crippen MR) is 55.1 cm³/mol. The van der Waals surface area contributed by atoms with Crippen molar-refractivity contribution < 1.29 is 14.6 Å². The number of aliphatic hydroxyl groups is 1. The number of hydrogen-bond acceptors (Lipinski definition) is 4. The third-order valence-electron chi connectivity index (χ3n) is 2.17. The molecule has 1 aliphatic rings.